The van der Waals surface area contributed by atoms with Crippen molar-refractivity contribution in [1.82, 2.24) is 0 Å². The average molecular weight is 879 g/mol. The number of allylic oxidation sites excluding steroid dienone is 12. The molecule has 2 spiro atoms. The van der Waals surface area contributed by atoms with Gasteiger partial charge >= 0.3 is 0 Å². The lowest BCUT2D eigenvalue weighted by Gasteiger charge is -2.37. The summed E-state index contributed by atoms with van der Waals surface area (Å²) in [6.45, 7) is 8.00. The smallest absolute Gasteiger partial charge is 0.142 e. The van der Waals surface area contributed by atoms with Crippen molar-refractivity contribution in [2.75, 3.05) is 0 Å². The van der Waals surface area contributed by atoms with Crippen molar-refractivity contribution < 1.29 is 5.11 Å². The van der Waals surface area contributed by atoms with Gasteiger partial charge in [-0.15, -0.1) is 0 Å². The van der Waals surface area contributed by atoms with Crippen LogP contribution in [0.2, 0.25) is 0 Å². The maximum Gasteiger partial charge on any atom is 0.142 e. The van der Waals surface area contributed by atoms with Crippen molar-refractivity contribution in [3.63, 3.8) is 0 Å². The first-order valence-electron chi connectivity index (χ1n) is 25.3. The molecule has 14 rings (SSSR count). The van der Waals surface area contributed by atoms with Crippen LogP contribution < -0.4 is 0 Å². The summed E-state index contributed by atoms with van der Waals surface area (Å²) in [5.74, 6) is 0.149. The SMILES string of the molecule is CC.CC.OC(c1ccccc1-c1ccccc1)(c1cccc2c1C1=C(C=CCC1)C21C2=C(CCC=C2)c2ccccc21)c1cccc2c1C1C=CC=CC1C21c2ccccc2-c2ccccc21. The first-order chi connectivity index (χ1) is 33.7. The van der Waals surface area contributed by atoms with Crippen LogP contribution in [-0.4, -0.2) is 5.11 Å². The van der Waals surface area contributed by atoms with Crippen LogP contribution in [0.1, 0.15) is 120 Å². The van der Waals surface area contributed by atoms with Crippen LogP contribution in [0.15, 0.2) is 224 Å². The second-order valence-corrected chi connectivity index (χ2v) is 18.8. The van der Waals surface area contributed by atoms with Crippen molar-refractivity contribution in [2.45, 2.75) is 75.7 Å². The van der Waals surface area contributed by atoms with E-state index in [0.717, 1.165) is 53.5 Å². The fourth-order valence-corrected chi connectivity index (χ4v) is 14.1. The molecule has 0 bridgehead atoms. The fourth-order valence-electron chi connectivity index (χ4n) is 14.1. The van der Waals surface area contributed by atoms with Crippen LogP contribution in [0.25, 0.3) is 33.4 Å². The van der Waals surface area contributed by atoms with Crippen molar-refractivity contribution in [1.29, 1.82) is 0 Å². The highest BCUT2D eigenvalue weighted by Gasteiger charge is 2.60. The Kier molecular flexibility index (Phi) is 10.2. The van der Waals surface area contributed by atoms with E-state index < -0.39 is 16.4 Å². The summed E-state index contributed by atoms with van der Waals surface area (Å²) < 4.78 is 0. The summed E-state index contributed by atoms with van der Waals surface area (Å²) in [5, 5.41) is 15.1. The molecule has 4 unspecified atom stereocenters. The van der Waals surface area contributed by atoms with Gasteiger partial charge in [-0.1, -0.05) is 240 Å². The van der Waals surface area contributed by atoms with Gasteiger partial charge in [0.05, 0.1) is 10.8 Å². The minimum absolute atomic E-state index is 0.0307. The van der Waals surface area contributed by atoms with Gasteiger partial charge in [0, 0.05) is 23.0 Å². The molecule has 1 heteroatoms. The minimum Gasteiger partial charge on any atom is -0.376 e. The predicted molar refractivity (Wildman–Crippen MR) is 284 cm³/mol. The van der Waals surface area contributed by atoms with Crippen LogP contribution in [0, 0.1) is 5.92 Å². The normalized spacial score (nSPS) is 21.6. The zero-order valence-electron chi connectivity index (χ0n) is 39.6. The van der Waals surface area contributed by atoms with Gasteiger partial charge in [0.15, 0.2) is 0 Å². The molecule has 4 atom stereocenters. The van der Waals surface area contributed by atoms with E-state index in [1.165, 1.54) is 77.9 Å². The number of hydrogen-bond donors (Lipinski definition) is 1. The van der Waals surface area contributed by atoms with Crippen molar-refractivity contribution >= 4 is 11.1 Å². The molecule has 7 aromatic rings. The van der Waals surface area contributed by atoms with Crippen molar-refractivity contribution in [2.24, 2.45) is 5.92 Å². The maximum absolute atomic E-state index is 15.1. The Morgan fingerprint density at radius 1 is 0.456 bits per heavy atom. The Hall–Kier alpha value is -7.06. The number of aliphatic hydroxyl groups is 1. The number of benzene rings is 7. The first-order valence-corrected chi connectivity index (χ1v) is 25.3. The number of fused-ring (bicyclic) bond motifs is 18. The highest BCUT2D eigenvalue weighted by Crippen LogP contribution is 2.69. The average Bonchev–Trinajstić information content (AvgIpc) is 4.11. The van der Waals surface area contributed by atoms with Gasteiger partial charge in [0.25, 0.3) is 0 Å². The summed E-state index contributed by atoms with van der Waals surface area (Å²) in [7, 11) is 0. The third-order valence-electron chi connectivity index (χ3n) is 16.3. The summed E-state index contributed by atoms with van der Waals surface area (Å²) in [5.41, 5.74) is 21.2. The van der Waals surface area contributed by atoms with Crippen LogP contribution in [0.3, 0.4) is 0 Å². The van der Waals surface area contributed by atoms with E-state index >= 15 is 5.11 Å². The van der Waals surface area contributed by atoms with Gasteiger partial charge < -0.3 is 5.11 Å². The van der Waals surface area contributed by atoms with E-state index in [9.17, 15) is 0 Å². The molecule has 0 aromatic heterocycles. The molecule has 0 amide bonds. The Labute approximate surface area is 403 Å². The molecular weight excluding hydrogens is 821 g/mol. The van der Waals surface area contributed by atoms with Gasteiger partial charge in [-0.05, 0) is 120 Å². The largest absolute Gasteiger partial charge is 0.376 e. The van der Waals surface area contributed by atoms with Crippen LogP contribution >= 0.6 is 0 Å². The highest BCUT2D eigenvalue weighted by atomic mass is 16.3. The lowest BCUT2D eigenvalue weighted by atomic mass is 9.65. The Morgan fingerprint density at radius 3 is 1.68 bits per heavy atom. The van der Waals surface area contributed by atoms with E-state index in [0.29, 0.717) is 0 Å². The van der Waals surface area contributed by atoms with Crippen LogP contribution in [-0.2, 0) is 16.4 Å². The molecule has 1 nitrogen and oxygen atoms in total. The lowest BCUT2D eigenvalue weighted by molar-refractivity contribution is 0.124. The summed E-state index contributed by atoms with van der Waals surface area (Å²) in [6.07, 6.45) is 23.0. The second kappa shape index (κ2) is 16.3. The van der Waals surface area contributed by atoms with E-state index in [2.05, 4.69) is 212 Å². The molecule has 1 N–H and O–H groups in total. The molecular formula is C67H58O. The quantitative estimate of drug-likeness (QED) is 0.175. The number of rotatable bonds is 4. The standard InChI is InChI=1S/C63H46O.2C2H6/c64-63(54-35-17-4-22-41(54)40-20-2-1-3-21-40,57-38-18-36-55-59(57)46-27-9-15-33-52(46)61(55)48-29-11-5-23-42(48)43-24-6-12-30-49(43)61)58-39-19-37-56-60(58)47-28-10-16-34-53(47)62(56)50-31-13-7-25-44(50)45-26-8-14-32-51(45)62;2*1-2/h1-7,9,11-25,27,29-39,46,52,64H,8,10,26,28H2;2*1-2H3. The highest BCUT2D eigenvalue weighted by molar-refractivity contribution is 5.98. The summed E-state index contributed by atoms with van der Waals surface area (Å²) in [4.78, 5) is 0. The maximum atomic E-state index is 15.1. The molecule has 7 aliphatic carbocycles. The monoisotopic (exact) mass is 878 g/mol. The Morgan fingerprint density at radius 2 is 0.971 bits per heavy atom. The predicted octanol–water partition coefficient (Wildman–Crippen LogP) is 16.4. The molecule has 0 fully saturated rings. The molecule has 7 aliphatic rings. The molecule has 68 heavy (non-hydrogen) atoms. The van der Waals surface area contributed by atoms with E-state index in [4.69, 9.17) is 0 Å². The molecule has 7 aromatic carbocycles. The lowest BCUT2D eigenvalue weighted by Crippen LogP contribution is -2.34. The van der Waals surface area contributed by atoms with Crippen LogP contribution in [0.5, 0.6) is 0 Å². The molecule has 0 radical (unpaired) electrons. The summed E-state index contributed by atoms with van der Waals surface area (Å²) in [6, 6.07) is 60.5. The van der Waals surface area contributed by atoms with Crippen LogP contribution in [0.4, 0.5) is 0 Å². The van der Waals surface area contributed by atoms with Gasteiger partial charge in [-0.2, -0.15) is 0 Å². The molecule has 332 valence electrons. The Balaban J connectivity index is 0.00000117. The van der Waals surface area contributed by atoms with E-state index in [1.54, 1.807) is 0 Å². The molecule has 0 aliphatic heterocycles. The van der Waals surface area contributed by atoms with Gasteiger partial charge in [0.2, 0.25) is 0 Å². The third kappa shape index (κ3) is 5.37. The van der Waals surface area contributed by atoms with Gasteiger partial charge in [-0.25, -0.2) is 0 Å². The second-order valence-electron chi connectivity index (χ2n) is 18.8. The zero-order chi connectivity index (χ0) is 46.2. The topological polar surface area (TPSA) is 20.2 Å². The van der Waals surface area contributed by atoms with Gasteiger partial charge in [-0.3, -0.25) is 0 Å². The molecule has 0 saturated heterocycles. The third-order valence-corrected chi connectivity index (χ3v) is 16.3. The fraction of sp³-hybridized carbons (Fsp3) is 0.194. The zero-order valence-corrected chi connectivity index (χ0v) is 39.6. The molecule has 0 saturated carbocycles. The van der Waals surface area contributed by atoms with Gasteiger partial charge in [0.1, 0.15) is 5.60 Å². The van der Waals surface area contributed by atoms with E-state index in [-0.39, 0.29) is 11.8 Å². The first kappa shape index (κ1) is 42.3. The van der Waals surface area contributed by atoms with Crippen molar-refractivity contribution in [3.05, 3.63) is 285 Å². The Bertz CT molecular complexity index is 3320. The van der Waals surface area contributed by atoms with Crippen molar-refractivity contribution in [3.8, 4) is 22.3 Å². The number of hydrogen-bond acceptors (Lipinski definition) is 1. The molecule has 0 heterocycles. The summed E-state index contributed by atoms with van der Waals surface area (Å²) >= 11 is 0. The van der Waals surface area contributed by atoms with E-state index in [1.807, 2.05) is 27.7 Å². The minimum atomic E-state index is -1.56.